The van der Waals surface area contributed by atoms with Crippen LogP contribution in [0.2, 0.25) is 0 Å². The van der Waals surface area contributed by atoms with Crippen LogP contribution in [0.15, 0.2) is 0 Å². The Labute approximate surface area is 198 Å². The van der Waals surface area contributed by atoms with Crippen LogP contribution in [0, 0.1) is 0 Å². The lowest BCUT2D eigenvalue weighted by molar-refractivity contribution is -0.0265. The van der Waals surface area contributed by atoms with Crippen molar-refractivity contribution < 1.29 is 4.74 Å². The molecular formula is C23H56N8O. The van der Waals surface area contributed by atoms with Gasteiger partial charge in [0.15, 0.2) is 0 Å². The van der Waals surface area contributed by atoms with Crippen LogP contribution in [-0.2, 0) is 4.74 Å². The van der Waals surface area contributed by atoms with Gasteiger partial charge in [0, 0.05) is 85.1 Å². The molecule has 9 heteroatoms. The van der Waals surface area contributed by atoms with Crippen molar-refractivity contribution in [3.05, 3.63) is 0 Å². The number of nitrogens with one attached hydrogen (secondary N) is 1. The highest BCUT2D eigenvalue weighted by atomic mass is 16.5. The summed E-state index contributed by atoms with van der Waals surface area (Å²) in [5, 5.41) is 3.53. The van der Waals surface area contributed by atoms with Crippen LogP contribution in [0.3, 0.4) is 0 Å². The lowest BCUT2D eigenvalue weighted by Gasteiger charge is -2.26. The van der Waals surface area contributed by atoms with Gasteiger partial charge < -0.3 is 37.9 Å². The number of nitrogens with two attached hydrogens (primary N) is 4. The standard InChI is InChI=1S/C23H56N8O/c1-23(2,7-6-12-28-13-19-30(15-8-24)16-9-25)32-22-5-4-14-29(3)20-21-31(17-10-26)18-11-27/h28H,4-22,24-27H2,1-3H3. The fraction of sp³-hybridized carbons (Fsp3) is 1.00. The Morgan fingerprint density at radius 2 is 1.22 bits per heavy atom. The highest BCUT2D eigenvalue weighted by Gasteiger charge is 2.17. The molecule has 0 spiro atoms. The van der Waals surface area contributed by atoms with E-state index in [0.717, 1.165) is 97.7 Å². The monoisotopic (exact) mass is 460 g/mol. The highest BCUT2D eigenvalue weighted by molar-refractivity contribution is 4.70. The molecule has 0 aliphatic carbocycles. The van der Waals surface area contributed by atoms with Crippen molar-refractivity contribution in [3.63, 3.8) is 0 Å². The number of hydrogen-bond acceptors (Lipinski definition) is 9. The number of rotatable bonds is 24. The molecule has 0 aliphatic heterocycles. The van der Waals surface area contributed by atoms with E-state index in [4.69, 9.17) is 27.7 Å². The maximum atomic E-state index is 6.16. The first kappa shape index (κ1) is 31.6. The van der Waals surface area contributed by atoms with Crippen molar-refractivity contribution in [1.82, 2.24) is 20.0 Å². The molecule has 0 atom stereocenters. The molecule has 194 valence electrons. The summed E-state index contributed by atoms with van der Waals surface area (Å²) in [5.41, 5.74) is 22.6. The molecule has 0 aliphatic rings. The zero-order valence-corrected chi connectivity index (χ0v) is 21.5. The normalized spacial score (nSPS) is 12.6. The van der Waals surface area contributed by atoms with E-state index in [1.165, 1.54) is 0 Å². The Morgan fingerprint density at radius 3 is 1.78 bits per heavy atom. The van der Waals surface area contributed by atoms with Crippen molar-refractivity contribution in [2.45, 2.75) is 45.1 Å². The van der Waals surface area contributed by atoms with E-state index < -0.39 is 0 Å². The van der Waals surface area contributed by atoms with E-state index in [9.17, 15) is 0 Å². The van der Waals surface area contributed by atoms with Crippen LogP contribution in [0.1, 0.15) is 39.5 Å². The Kier molecular flexibility index (Phi) is 21.0. The summed E-state index contributed by atoms with van der Waals surface area (Å²) in [7, 11) is 2.19. The largest absolute Gasteiger partial charge is 0.376 e. The van der Waals surface area contributed by atoms with Gasteiger partial charge in [-0.1, -0.05) is 0 Å². The van der Waals surface area contributed by atoms with Crippen LogP contribution in [0.4, 0.5) is 0 Å². The Hall–Kier alpha value is -0.360. The average molecular weight is 461 g/mol. The zero-order chi connectivity index (χ0) is 24.1. The molecule has 0 aromatic carbocycles. The van der Waals surface area contributed by atoms with E-state index in [1.54, 1.807) is 0 Å². The number of ether oxygens (including phenoxy) is 1. The van der Waals surface area contributed by atoms with Crippen LogP contribution >= 0.6 is 0 Å². The van der Waals surface area contributed by atoms with Gasteiger partial charge in [-0.05, 0) is 59.7 Å². The van der Waals surface area contributed by atoms with Crippen molar-refractivity contribution in [2.75, 3.05) is 105 Å². The molecule has 0 saturated carbocycles. The van der Waals surface area contributed by atoms with Crippen molar-refractivity contribution in [3.8, 4) is 0 Å². The van der Waals surface area contributed by atoms with Gasteiger partial charge in [0.2, 0.25) is 0 Å². The second-order valence-corrected chi connectivity index (χ2v) is 9.31. The van der Waals surface area contributed by atoms with E-state index in [-0.39, 0.29) is 5.60 Å². The summed E-state index contributed by atoms with van der Waals surface area (Å²) >= 11 is 0. The van der Waals surface area contributed by atoms with Crippen molar-refractivity contribution in [1.29, 1.82) is 0 Å². The molecule has 0 fully saturated rings. The Morgan fingerprint density at radius 1 is 0.656 bits per heavy atom. The molecule has 32 heavy (non-hydrogen) atoms. The third kappa shape index (κ3) is 19.1. The van der Waals surface area contributed by atoms with Crippen LogP contribution in [-0.4, -0.2) is 126 Å². The first-order chi connectivity index (χ1) is 15.4. The second kappa shape index (κ2) is 21.2. The molecular weight excluding hydrogens is 404 g/mol. The predicted octanol–water partition coefficient (Wildman–Crippen LogP) is -0.698. The minimum absolute atomic E-state index is 0.0658. The zero-order valence-electron chi connectivity index (χ0n) is 21.5. The molecule has 0 radical (unpaired) electrons. The molecule has 0 rings (SSSR count). The topological polar surface area (TPSA) is 135 Å². The quantitative estimate of drug-likeness (QED) is 0.119. The summed E-state index contributed by atoms with van der Waals surface area (Å²) in [5.74, 6) is 0. The number of unbranched alkanes of at least 4 members (excludes halogenated alkanes) is 1. The van der Waals surface area contributed by atoms with Crippen molar-refractivity contribution in [2.24, 2.45) is 22.9 Å². The van der Waals surface area contributed by atoms with Gasteiger partial charge >= 0.3 is 0 Å². The average Bonchev–Trinajstić information content (AvgIpc) is 2.74. The molecule has 0 aromatic rings. The van der Waals surface area contributed by atoms with Gasteiger partial charge in [0.05, 0.1) is 5.60 Å². The smallest absolute Gasteiger partial charge is 0.0627 e. The molecule has 9 N–H and O–H groups in total. The molecule has 9 nitrogen and oxygen atoms in total. The maximum absolute atomic E-state index is 6.16. The first-order valence-electron chi connectivity index (χ1n) is 12.7. The van der Waals surface area contributed by atoms with Gasteiger partial charge in [-0.25, -0.2) is 0 Å². The molecule has 0 bridgehead atoms. The molecule has 0 amide bonds. The lowest BCUT2D eigenvalue weighted by atomic mass is 10.0. The summed E-state index contributed by atoms with van der Waals surface area (Å²) in [6.45, 7) is 17.8. The molecule has 0 saturated heterocycles. The first-order valence-corrected chi connectivity index (χ1v) is 12.7. The maximum Gasteiger partial charge on any atom is 0.0627 e. The summed E-state index contributed by atoms with van der Waals surface area (Å²) in [6, 6.07) is 0. The fourth-order valence-electron chi connectivity index (χ4n) is 3.73. The lowest BCUT2D eigenvalue weighted by Crippen LogP contribution is -2.39. The molecule has 0 unspecified atom stereocenters. The number of hydrogen-bond donors (Lipinski definition) is 5. The Bertz CT molecular complexity index is 388. The number of nitrogens with zero attached hydrogens (tertiary/aromatic N) is 3. The van der Waals surface area contributed by atoms with E-state index >= 15 is 0 Å². The SMILES string of the molecule is CN(CCCCOC(C)(C)CCCNCCN(CCN)CCN)CCN(CCN)CCN. The third-order valence-electron chi connectivity index (χ3n) is 5.74. The summed E-state index contributed by atoms with van der Waals surface area (Å²) in [6.07, 6.45) is 4.43. The van der Waals surface area contributed by atoms with Gasteiger partial charge in [-0.15, -0.1) is 0 Å². The van der Waals surface area contributed by atoms with Crippen LogP contribution in [0.25, 0.3) is 0 Å². The molecule has 0 aromatic heterocycles. The minimum atomic E-state index is -0.0658. The summed E-state index contributed by atoms with van der Waals surface area (Å²) < 4.78 is 6.16. The second-order valence-electron chi connectivity index (χ2n) is 9.31. The third-order valence-corrected chi connectivity index (χ3v) is 5.74. The number of likely N-dealkylation sites (N-methyl/N-ethyl adjacent to an activating group) is 1. The van der Waals surface area contributed by atoms with Gasteiger partial charge in [-0.3, -0.25) is 9.80 Å². The van der Waals surface area contributed by atoms with Gasteiger partial charge in [0.25, 0.3) is 0 Å². The van der Waals surface area contributed by atoms with E-state index in [2.05, 4.69) is 40.9 Å². The van der Waals surface area contributed by atoms with Gasteiger partial charge in [0.1, 0.15) is 0 Å². The van der Waals surface area contributed by atoms with Crippen molar-refractivity contribution >= 4 is 0 Å². The van der Waals surface area contributed by atoms with Crippen LogP contribution in [0.5, 0.6) is 0 Å². The highest BCUT2D eigenvalue weighted by Crippen LogP contribution is 2.17. The fourth-order valence-corrected chi connectivity index (χ4v) is 3.73. The summed E-state index contributed by atoms with van der Waals surface area (Å²) in [4.78, 5) is 7.04. The van der Waals surface area contributed by atoms with E-state index in [1.807, 2.05) is 0 Å². The van der Waals surface area contributed by atoms with Gasteiger partial charge in [-0.2, -0.15) is 0 Å². The minimum Gasteiger partial charge on any atom is -0.376 e. The van der Waals surface area contributed by atoms with E-state index in [0.29, 0.717) is 26.2 Å². The predicted molar refractivity (Wildman–Crippen MR) is 138 cm³/mol. The molecule has 0 heterocycles. The van der Waals surface area contributed by atoms with Crippen LogP contribution < -0.4 is 28.3 Å². The Balaban J connectivity index is 3.75.